The SMILES string of the molecule is Cc1ccc(C(=O)O)cc1S(=O)(=O)Nc1ccc(C)c(O)c1C. The number of carbonyl (C=O) groups is 1. The highest BCUT2D eigenvalue weighted by molar-refractivity contribution is 7.92. The van der Waals surface area contributed by atoms with Gasteiger partial charge in [0, 0.05) is 5.56 Å². The fourth-order valence-corrected chi connectivity index (χ4v) is 3.56. The van der Waals surface area contributed by atoms with Crippen LogP contribution in [0, 0.1) is 20.8 Å². The number of rotatable bonds is 4. The van der Waals surface area contributed by atoms with Crippen molar-refractivity contribution >= 4 is 21.7 Å². The molecule has 2 aromatic carbocycles. The molecule has 2 rings (SSSR count). The summed E-state index contributed by atoms with van der Waals surface area (Å²) in [4.78, 5) is 10.9. The van der Waals surface area contributed by atoms with Gasteiger partial charge in [0.25, 0.3) is 10.0 Å². The number of hydrogen-bond donors (Lipinski definition) is 3. The van der Waals surface area contributed by atoms with Crippen molar-refractivity contribution in [3.05, 3.63) is 52.6 Å². The summed E-state index contributed by atoms with van der Waals surface area (Å²) >= 11 is 0. The van der Waals surface area contributed by atoms with Crippen LogP contribution in [0.15, 0.2) is 35.2 Å². The Balaban J connectivity index is 2.50. The number of aromatic hydroxyl groups is 1. The van der Waals surface area contributed by atoms with Crippen molar-refractivity contribution in [2.45, 2.75) is 25.7 Å². The maximum atomic E-state index is 12.6. The summed E-state index contributed by atoms with van der Waals surface area (Å²) in [7, 11) is -3.98. The zero-order valence-electron chi connectivity index (χ0n) is 12.9. The third-order valence-corrected chi connectivity index (χ3v) is 5.11. The first-order valence-corrected chi connectivity index (χ1v) is 8.27. The van der Waals surface area contributed by atoms with Crippen molar-refractivity contribution in [1.29, 1.82) is 0 Å². The van der Waals surface area contributed by atoms with Crippen LogP contribution in [0.4, 0.5) is 5.69 Å². The summed E-state index contributed by atoms with van der Waals surface area (Å²) in [6.07, 6.45) is 0. The summed E-state index contributed by atoms with van der Waals surface area (Å²) in [6.45, 7) is 4.89. The zero-order chi connectivity index (χ0) is 17.4. The van der Waals surface area contributed by atoms with E-state index in [0.717, 1.165) is 6.07 Å². The van der Waals surface area contributed by atoms with Crippen LogP contribution >= 0.6 is 0 Å². The van der Waals surface area contributed by atoms with Crippen LogP contribution in [0.3, 0.4) is 0 Å². The zero-order valence-corrected chi connectivity index (χ0v) is 13.7. The number of anilines is 1. The van der Waals surface area contributed by atoms with Gasteiger partial charge in [-0.05, 0) is 50.1 Å². The number of aromatic carboxylic acids is 1. The quantitative estimate of drug-likeness (QED) is 0.797. The molecule has 0 radical (unpaired) electrons. The molecule has 0 spiro atoms. The number of nitrogens with one attached hydrogen (secondary N) is 1. The smallest absolute Gasteiger partial charge is 0.335 e. The molecule has 122 valence electrons. The van der Waals surface area contributed by atoms with Crippen LogP contribution in [0.5, 0.6) is 5.75 Å². The highest BCUT2D eigenvalue weighted by atomic mass is 32.2. The molecule has 2 aromatic rings. The molecule has 7 heteroatoms. The van der Waals surface area contributed by atoms with E-state index < -0.39 is 16.0 Å². The first-order valence-electron chi connectivity index (χ1n) is 6.79. The number of phenols is 1. The monoisotopic (exact) mass is 335 g/mol. The number of carboxylic acids is 1. The lowest BCUT2D eigenvalue weighted by molar-refractivity contribution is 0.0696. The molecular weight excluding hydrogens is 318 g/mol. The predicted octanol–water partition coefficient (Wildman–Crippen LogP) is 2.82. The third-order valence-electron chi connectivity index (χ3n) is 3.60. The Morgan fingerprint density at radius 2 is 1.65 bits per heavy atom. The van der Waals surface area contributed by atoms with Gasteiger partial charge in [0.2, 0.25) is 0 Å². The lowest BCUT2D eigenvalue weighted by atomic mass is 10.1. The molecule has 0 heterocycles. The first-order chi connectivity index (χ1) is 10.6. The molecular formula is C16H17NO5S. The molecule has 0 fully saturated rings. The lowest BCUT2D eigenvalue weighted by Gasteiger charge is -2.14. The summed E-state index contributed by atoms with van der Waals surface area (Å²) < 4.78 is 27.5. The standard InChI is InChI=1S/C16H17NO5S/c1-9-4-6-12(16(19)20)8-14(9)23(21,22)17-13-7-5-10(2)15(18)11(13)3/h4-8,17-18H,1-3H3,(H,19,20). The van der Waals surface area contributed by atoms with Crippen molar-refractivity contribution in [1.82, 2.24) is 0 Å². The highest BCUT2D eigenvalue weighted by Crippen LogP contribution is 2.30. The lowest BCUT2D eigenvalue weighted by Crippen LogP contribution is -2.16. The normalized spacial score (nSPS) is 11.3. The van der Waals surface area contributed by atoms with Gasteiger partial charge in [0.15, 0.2) is 0 Å². The van der Waals surface area contributed by atoms with Crippen molar-refractivity contribution in [2.75, 3.05) is 4.72 Å². The summed E-state index contributed by atoms with van der Waals surface area (Å²) in [5, 5.41) is 18.9. The van der Waals surface area contributed by atoms with Crippen LogP contribution in [-0.2, 0) is 10.0 Å². The van der Waals surface area contributed by atoms with Crippen molar-refractivity contribution < 1.29 is 23.4 Å². The van der Waals surface area contributed by atoms with E-state index in [1.54, 1.807) is 32.9 Å². The van der Waals surface area contributed by atoms with E-state index in [0.29, 0.717) is 16.7 Å². The average molecular weight is 335 g/mol. The van der Waals surface area contributed by atoms with Crippen LogP contribution in [0.2, 0.25) is 0 Å². The van der Waals surface area contributed by atoms with Crippen LogP contribution < -0.4 is 4.72 Å². The minimum Gasteiger partial charge on any atom is -0.507 e. The number of benzene rings is 2. The molecule has 23 heavy (non-hydrogen) atoms. The van der Waals surface area contributed by atoms with Gasteiger partial charge in [-0.1, -0.05) is 12.1 Å². The Labute approximate surface area is 134 Å². The van der Waals surface area contributed by atoms with E-state index in [1.165, 1.54) is 12.1 Å². The van der Waals surface area contributed by atoms with Crippen LogP contribution in [0.1, 0.15) is 27.0 Å². The summed E-state index contributed by atoms with van der Waals surface area (Å²) in [5.74, 6) is -1.19. The molecule has 0 unspecified atom stereocenters. The Kier molecular flexibility index (Phi) is 4.33. The van der Waals surface area contributed by atoms with Gasteiger partial charge in [0.05, 0.1) is 16.1 Å². The Morgan fingerprint density at radius 1 is 1.04 bits per heavy atom. The van der Waals surface area contributed by atoms with Crippen molar-refractivity contribution in [3.8, 4) is 5.75 Å². The fourth-order valence-electron chi connectivity index (χ4n) is 2.17. The number of hydrogen-bond acceptors (Lipinski definition) is 4. The maximum absolute atomic E-state index is 12.6. The predicted molar refractivity (Wildman–Crippen MR) is 86.5 cm³/mol. The number of carboxylic acid groups (broad SMARTS) is 1. The number of aryl methyl sites for hydroxylation is 2. The molecule has 0 bridgehead atoms. The molecule has 0 aliphatic carbocycles. The third kappa shape index (κ3) is 3.29. The second-order valence-electron chi connectivity index (χ2n) is 5.29. The molecule has 3 N–H and O–H groups in total. The van der Waals surface area contributed by atoms with E-state index in [4.69, 9.17) is 5.11 Å². The minimum absolute atomic E-state index is 0.0150. The van der Waals surface area contributed by atoms with Gasteiger partial charge in [-0.15, -0.1) is 0 Å². The van der Waals surface area contributed by atoms with Gasteiger partial charge in [-0.2, -0.15) is 0 Å². The van der Waals surface area contributed by atoms with Gasteiger partial charge >= 0.3 is 5.97 Å². The highest BCUT2D eigenvalue weighted by Gasteiger charge is 2.20. The second-order valence-corrected chi connectivity index (χ2v) is 6.95. The van der Waals surface area contributed by atoms with Crippen LogP contribution in [0.25, 0.3) is 0 Å². The van der Waals surface area contributed by atoms with Crippen LogP contribution in [-0.4, -0.2) is 24.6 Å². The molecule has 0 aliphatic rings. The molecule has 6 nitrogen and oxygen atoms in total. The second kappa shape index (κ2) is 5.92. The van der Waals surface area contributed by atoms with Crippen molar-refractivity contribution in [2.24, 2.45) is 0 Å². The first kappa shape index (κ1) is 16.8. The molecule has 0 aromatic heterocycles. The molecule has 0 atom stereocenters. The van der Waals surface area contributed by atoms with Gasteiger partial charge in [0.1, 0.15) is 5.75 Å². The van der Waals surface area contributed by atoms with E-state index in [-0.39, 0.29) is 21.9 Å². The van der Waals surface area contributed by atoms with E-state index in [1.807, 2.05) is 0 Å². The molecule has 0 aliphatic heterocycles. The Morgan fingerprint density at radius 3 is 2.26 bits per heavy atom. The molecule has 0 saturated heterocycles. The molecule has 0 saturated carbocycles. The minimum atomic E-state index is -3.98. The van der Waals surface area contributed by atoms with E-state index in [2.05, 4.69) is 4.72 Å². The topological polar surface area (TPSA) is 104 Å². The largest absolute Gasteiger partial charge is 0.507 e. The Hall–Kier alpha value is -2.54. The number of phenolic OH excluding ortho intramolecular Hbond substituents is 1. The maximum Gasteiger partial charge on any atom is 0.335 e. The molecule has 0 amide bonds. The van der Waals surface area contributed by atoms with E-state index >= 15 is 0 Å². The van der Waals surface area contributed by atoms with Gasteiger partial charge in [-0.25, -0.2) is 13.2 Å². The van der Waals surface area contributed by atoms with Crippen molar-refractivity contribution in [3.63, 3.8) is 0 Å². The summed E-state index contributed by atoms with van der Waals surface area (Å²) in [6, 6.07) is 7.06. The fraction of sp³-hybridized carbons (Fsp3) is 0.188. The average Bonchev–Trinajstić information content (AvgIpc) is 2.48. The Bertz CT molecular complexity index is 888. The van der Waals surface area contributed by atoms with E-state index in [9.17, 15) is 18.3 Å². The van der Waals surface area contributed by atoms with Gasteiger partial charge < -0.3 is 10.2 Å². The number of sulfonamides is 1. The summed E-state index contributed by atoms with van der Waals surface area (Å²) in [5.41, 5.74) is 1.60. The van der Waals surface area contributed by atoms with Gasteiger partial charge in [-0.3, -0.25) is 4.72 Å².